The van der Waals surface area contributed by atoms with Gasteiger partial charge in [-0.1, -0.05) is 42.0 Å². The van der Waals surface area contributed by atoms with Crippen LogP contribution in [0.5, 0.6) is 11.5 Å². The molecule has 21 heavy (non-hydrogen) atoms. The summed E-state index contributed by atoms with van der Waals surface area (Å²) in [5.41, 5.74) is 8.84. The molecule has 3 nitrogen and oxygen atoms in total. The Morgan fingerprint density at radius 3 is 2.57 bits per heavy atom. The normalized spacial score (nSPS) is 11.9. The topological polar surface area (TPSA) is 55.5 Å². The van der Waals surface area contributed by atoms with E-state index in [-0.39, 0.29) is 11.8 Å². The highest BCUT2D eigenvalue weighted by molar-refractivity contribution is 5.41. The number of hydrogen-bond acceptors (Lipinski definition) is 3. The largest absolute Gasteiger partial charge is 0.507 e. The molecule has 0 radical (unpaired) electrons. The molecule has 0 unspecified atom stereocenters. The maximum absolute atomic E-state index is 10.1. The minimum absolute atomic E-state index is 0.161. The molecule has 0 fully saturated rings. The van der Waals surface area contributed by atoms with Crippen molar-refractivity contribution in [3.8, 4) is 11.5 Å². The van der Waals surface area contributed by atoms with E-state index in [9.17, 15) is 5.11 Å². The molecule has 0 aliphatic heterocycles. The molecule has 0 amide bonds. The minimum atomic E-state index is -0.245. The van der Waals surface area contributed by atoms with Gasteiger partial charge in [0.15, 0.2) is 0 Å². The smallest absolute Gasteiger partial charge is 0.124 e. The summed E-state index contributed by atoms with van der Waals surface area (Å²) < 4.78 is 5.67. The Labute approximate surface area is 125 Å². The van der Waals surface area contributed by atoms with Gasteiger partial charge >= 0.3 is 0 Å². The third-order valence-corrected chi connectivity index (χ3v) is 3.22. The zero-order valence-electron chi connectivity index (χ0n) is 12.3. The summed E-state index contributed by atoms with van der Waals surface area (Å²) in [5, 5.41) is 10.1. The number of phenolic OH excluding ortho intramolecular Hbond substituents is 1. The summed E-state index contributed by atoms with van der Waals surface area (Å²) in [6.07, 6.45) is 0.651. The van der Waals surface area contributed by atoms with Gasteiger partial charge in [0, 0.05) is 17.7 Å². The monoisotopic (exact) mass is 283 g/mol. The highest BCUT2D eigenvalue weighted by Crippen LogP contribution is 2.30. The van der Waals surface area contributed by atoms with Gasteiger partial charge in [-0.25, -0.2) is 0 Å². The maximum Gasteiger partial charge on any atom is 0.124 e. The molecule has 0 saturated carbocycles. The molecule has 3 heteroatoms. The van der Waals surface area contributed by atoms with Gasteiger partial charge in [-0.2, -0.15) is 0 Å². The van der Waals surface area contributed by atoms with Crippen molar-refractivity contribution in [3.63, 3.8) is 0 Å². The lowest BCUT2D eigenvalue weighted by molar-refractivity contribution is 0.304. The van der Waals surface area contributed by atoms with Crippen molar-refractivity contribution in [2.24, 2.45) is 5.73 Å². The first kappa shape index (κ1) is 15.1. The Kier molecular flexibility index (Phi) is 5.01. The summed E-state index contributed by atoms with van der Waals surface area (Å²) in [5.74, 6) is 0.789. The van der Waals surface area contributed by atoms with Crippen LogP contribution < -0.4 is 10.5 Å². The van der Waals surface area contributed by atoms with Crippen LogP contribution in [0, 0.1) is 0 Å². The fraction of sp³-hybridized carbons (Fsp3) is 0.222. The summed E-state index contributed by atoms with van der Waals surface area (Å²) >= 11 is 0. The highest BCUT2D eigenvalue weighted by atomic mass is 16.5. The standard InChI is InChI=1S/C18H21NO2/c1-13(2)10-17(19)16-9-8-15(11-18(16)20)21-12-14-6-4-3-5-7-14/h3-9,11,17,20H,1,10,12,19H2,2H3/t17-/m1/s1. The first-order valence-electron chi connectivity index (χ1n) is 6.96. The lowest BCUT2D eigenvalue weighted by Gasteiger charge is -2.15. The Bertz CT molecular complexity index is 608. The van der Waals surface area contributed by atoms with Gasteiger partial charge in [0.05, 0.1) is 0 Å². The minimum Gasteiger partial charge on any atom is -0.507 e. The van der Waals surface area contributed by atoms with Gasteiger partial charge in [-0.3, -0.25) is 0 Å². The highest BCUT2D eigenvalue weighted by Gasteiger charge is 2.12. The van der Waals surface area contributed by atoms with Crippen LogP contribution in [0.4, 0.5) is 0 Å². The first-order chi connectivity index (χ1) is 10.1. The van der Waals surface area contributed by atoms with Crippen molar-refractivity contribution >= 4 is 0 Å². The fourth-order valence-electron chi connectivity index (χ4n) is 2.15. The summed E-state index contributed by atoms with van der Waals surface area (Å²) in [7, 11) is 0. The third kappa shape index (κ3) is 4.36. The molecule has 2 rings (SSSR count). The van der Waals surface area contributed by atoms with Crippen LogP contribution in [0.25, 0.3) is 0 Å². The van der Waals surface area contributed by atoms with Crippen LogP contribution in [-0.2, 0) is 6.61 Å². The quantitative estimate of drug-likeness (QED) is 0.790. The molecular formula is C18H21NO2. The van der Waals surface area contributed by atoms with Gasteiger partial charge in [0.25, 0.3) is 0 Å². The Morgan fingerprint density at radius 2 is 1.95 bits per heavy atom. The van der Waals surface area contributed by atoms with Gasteiger partial charge in [-0.05, 0) is 25.0 Å². The molecule has 0 bridgehead atoms. The van der Waals surface area contributed by atoms with Gasteiger partial charge in [0.1, 0.15) is 18.1 Å². The predicted molar refractivity (Wildman–Crippen MR) is 85.2 cm³/mol. The number of rotatable bonds is 6. The second kappa shape index (κ2) is 6.95. The maximum atomic E-state index is 10.1. The average Bonchev–Trinajstić information content (AvgIpc) is 2.45. The lowest BCUT2D eigenvalue weighted by Crippen LogP contribution is -2.10. The van der Waals surface area contributed by atoms with Crippen LogP contribution in [0.3, 0.4) is 0 Å². The molecule has 0 spiro atoms. The number of hydrogen-bond donors (Lipinski definition) is 2. The van der Waals surface area contributed by atoms with Crippen LogP contribution in [0.1, 0.15) is 30.5 Å². The van der Waals surface area contributed by atoms with E-state index in [0.717, 1.165) is 11.1 Å². The molecule has 2 aromatic carbocycles. The Hall–Kier alpha value is -2.26. The van der Waals surface area contributed by atoms with Crippen LogP contribution in [-0.4, -0.2) is 5.11 Å². The van der Waals surface area contributed by atoms with E-state index < -0.39 is 0 Å². The van der Waals surface area contributed by atoms with E-state index in [2.05, 4.69) is 6.58 Å². The van der Waals surface area contributed by atoms with Crippen LogP contribution in [0.2, 0.25) is 0 Å². The van der Waals surface area contributed by atoms with E-state index in [0.29, 0.717) is 24.3 Å². The summed E-state index contributed by atoms with van der Waals surface area (Å²) in [6, 6.07) is 14.9. The molecule has 0 aliphatic rings. The molecule has 0 heterocycles. The molecule has 110 valence electrons. The molecule has 1 atom stereocenters. The van der Waals surface area contributed by atoms with Gasteiger partial charge in [0.2, 0.25) is 0 Å². The van der Waals surface area contributed by atoms with Crippen molar-refractivity contribution in [1.29, 1.82) is 0 Å². The van der Waals surface area contributed by atoms with E-state index >= 15 is 0 Å². The number of benzene rings is 2. The number of nitrogens with two attached hydrogens (primary N) is 1. The second-order valence-electron chi connectivity index (χ2n) is 5.26. The zero-order chi connectivity index (χ0) is 15.2. The van der Waals surface area contributed by atoms with Crippen molar-refractivity contribution < 1.29 is 9.84 Å². The predicted octanol–water partition coefficient (Wildman–Crippen LogP) is 3.94. The van der Waals surface area contributed by atoms with Gasteiger partial charge in [-0.15, -0.1) is 6.58 Å². The van der Waals surface area contributed by atoms with E-state index in [1.165, 1.54) is 0 Å². The molecule has 0 aromatic heterocycles. The van der Waals surface area contributed by atoms with Crippen LogP contribution >= 0.6 is 0 Å². The van der Waals surface area contributed by atoms with E-state index in [4.69, 9.17) is 10.5 Å². The number of ether oxygens (including phenoxy) is 1. The molecule has 0 aliphatic carbocycles. The average molecular weight is 283 g/mol. The van der Waals surface area contributed by atoms with E-state index in [1.54, 1.807) is 6.07 Å². The Morgan fingerprint density at radius 1 is 1.24 bits per heavy atom. The molecule has 3 N–H and O–H groups in total. The van der Waals surface area contributed by atoms with Gasteiger partial charge < -0.3 is 15.6 Å². The molecule has 0 saturated heterocycles. The number of phenols is 1. The fourth-order valence-corrected chi connectivity index (χ4v) is 2.15. The zero-order valence-corrected chi connectivity index (χ0v) is 12.3. The second-order valence-corrected chi connectivity index (χ2v) is 5.26. The van der Waals surface area contributed by atoms with E-state index in [1.807, 2.05) is 49.4 Å². The summed E-state index contributed by atoms with van der Waals surface area (Å²) in [6.45, 7) is 6.24. The number of aromatic hydroxyl groups is 1. The first-order valence-corrected chi connectivity index (χ1v) is 6.96. The SMILES string of the molecule is C=C(C)C[C@@H](N)c1ccc(OCc2ccccc2)cc1O. The molecular weight excluding hydrogens is 262 g/mol. The van der Waals surface area contributed by atoms with Crippen molar-refractivity contribution in [2.75, 3.05) is 0 Å². The molecule has 2 aromatic rings. The summed E-state index contributed by atoms with van der Waals surface area (Å²) in [4.78, 5) is 0. The van der Waals surface area contributed by atoms with Crippen molar-refractivity contribution in [2.45, 2.75) is 26.0 Å². The van der Waals surface area contributed by atoms with Crippen LogP contribution in [0.15, 0.2) is 60.7 Å². The lowest BCUT2D eigenvalue weighted by atomic mass is 10.0. The Balaban J connectivity index is 2.03. The third-order valence-electron chi connectivity index (χ3n) is 3.22. The van der Waals surface area contributed by atoms with Crippen molar-refractivity contribution in [1.82, 2.24) is 0 Å². The van der Waals surface area contributed by atoms with Crippen molar-refractivity contribution in [3.05, 3.63) is 71.8 Å².